The van der Waals surface area contributed by atoms with Crippen molar-refractivity contribution in [2.45, 2.75) is 31.6 Å². The van der Waals surface area contributed by atoms with Crippen LogP contribution >= 0.6 is 0 Å². The van der Waals surface area contributed by atoms with E-state index in [2.05, 4.69) is 10.6 Å². The van der Waals surface area contributed by atoms with E-state index in [1.54, 1.807) is 6.92 Å². The molecule has 0 aromatic heterocycles. The summed E-state index contributed by atoms with van der Waals surface area (Å²) in [6.07, 6.45) is -1.54. The molecule has 36 heavy (non-hydrogen) atoms. The number of hydrogen-bond acceptors (Lipinski definition) is 5. The number of rotatable bonds is 10. The maximum absolute atomic E-state index is 12.8. The Bertz CT molecular complexity index is 1180. The van der Waals surface area contributed by atoms with Crippen LogP contribution in [-0.2, 0) is 25.7 Å². The van der Waals surface area contributed by atoms with Gasteiger partial charge in [-0.15, -0.1) is 0 Å². The van der Waals surface area contributed by atoms with Crippen molar-refractivity contribution in [3.05, 3.63) is 95.6 Å². The van der Waals surface area contributed by atoms with Crippen molar-refractivity contribution in [1.29, 1.82) is 0 Å². The maximum atomic E-state index is 12.8. The molecule has 2 amide bonds. The van der Waals surface area contributed by atoms with E-state index in [0.717, 1.165) is 27.8 Å². The van der Waals surface area contributed by atoms with Gasteiger partial charge in [0, 0.05) is 5.92 Å². The van der Waals surface area contributed by atoms with Crippen LogP contribution in [0.5, 0.6) is 0 Å². The van der Waals surface area contributed by atoms with Gasteiger partial charge in [-0.3, -0.25) is 9.59 Å². The zero-order valence-electron chi connectivity index (χ0n) is 19.8. The third-order valence-corrected chi connectivity index (χ3v) is 6.14. The Balaban J connectivity index is 1.42. The third-order valence-electron chi connectivity index (χ3n) is 6.14. The fourth-order valence-corrected chi connectivity index (χ4v) is 4.33. The van der Waals surface area contributed by atoms with E-state index < -0.39 is 36.7 Å². The van der Waals surface area contributed by atoms with Gasteiger partial charge < -0.3 is 25.2 Å². The number of benzene rings is 3. The van der Waals surface area contributed by atoms with E-state index in [9.17, 15) is 14.4 Å². The second kappa shape index (κ2) is 11.5. The molecule has 186 valence electrons. The largest absolute Gasteiger partial charge is 0.480 e. The van der Waals surface area contributed by atoms with Gasteiger partial charge in [-0.05, 0) is 34.7 Å². The van der Waals surface area contributed by atoms with Gasteiger partial charge in [-0.2, -0.15) is 0 Å². The van der Waals surface area contributed by atoms with E-state index in [1.807, 2.05) is 78.9 Å². The molecule has 1 aliphatic rings. The summed E-state index contributed by atoms with van der Waals surface area (Å²) >= 11 is 0. The number of fused-ring (bicyclic) bond motifs is 3. The lowest BCUT2D eigenvalue weighted by Gasteiger charge is -2.24. The average Bonchev–Trinajstić information content (AvgIpc) is 3.22. The molecule has 4 rings (SSSR count). The van der Waals surface area contributed by atoms with Crippen LogP contribution in [0.25, 0.3) is 11.1 Å². The number of carbonyl (C=O) groups is 3. The molecule has 2 unspecified atom stereocenters. The molecule has 3 N–H and O–H groups in total. The molecule has 8 heteroatoms. The van der Waals surface area contributed by atoms with E-state index in [0.29, 0.717) is 0 Å². The first-order valence-electron chi connectivity index (χ1n) is 11.7. The Kier molecular flexibility index (Phi) is 7.97. The summed E-state index contributed by atoms with van der Waals surface area (Å²) in [5.74, 6) is -2.00. The molecular formula is C28H28N2O6. The van der Waals surface area contributed by atoms with Crippen LogP contribution in [0, 0.1) is 0 Å². The average molecular weight is 489 g/mol. The minimum absolute atomic E-state index is 0.0859. The lowest BCUT2D eigenvalue weighted by atomic mass is 9.98. The summed E-state index contributed by atoms with van der Waals surface area (Å²) in [6, 6.07) is 24.2. The van der Waals surface area contributed by atoms with Gasteiger partial charge in [0.15, 0.2) is 0 Å². The first kappa shape index (κ1) is 24.9. The van der Waals surface area contributed by atoms with Gasteiger partial charge >= 0.3 is 12.1 Å². The number of carboxylic acids is 1. The molecule has 0 bridgehead atoms. The topological polar surface area (TPSA) is 114 Å². The molecular weight excluding hydrogens is 460 g/mol. The highest BCUT2D eigenvalue weighted by molar-refractivity contribution is 5.88. The summed E-state index contributed by atoms with van der Waals surface area (Å²) in [5, 5.41) is 13.8. The number of ether oxygens (including phenoxy) is 2. The van der Waals surface area contributed by atoms with Crippen molar-refractivity contribution in [1.82, 2.24) is 10.6 Å². The second-order valence-corrected chi connectivity index (χ2v) is 8.56. The molecule has 0 saturated heterocycles. The standard InChI is InChI=1S/C28H28N2O6/c1-18(35-16-19-9-3-2-4-10-19)26(27(33)29-15-25(31)32)30-28(34)36-17-24-22-13-7-5-11-20(22)21-12-6-8-14-23(21)24/h2-14,18,24,26H,15-17H2,1H3,(H,29,33)(H,30,34)(H,31,32). The highest BCUT2D eigenvalue weighted by atomic mass is 16.5. The minimum atomic E-state index is -1.19. The predicted molar refractivity (Wildman–Crippen MR) is 133 cm³/mol. The molecule has 0 aliphatic heterocycles. The summed E-state index contributed by atoms with van der Waals surface area (Å²) < 4.78 is 11.4. The molecule has 1 aliphatic carbocycles. The Morgan fingerprint density at radius 3 is 2.08 bits per heavy atom. The third kappa shape index (κ3) is 5.90. The van der Waals surface area contributed by atoms with Crippen LogP contribution in [0.4, 0.5) is 4.79 Å². The Morgan fingerprint density at radius 1 is 0.889 bits per heavy atom. The number of amides is 2. The predicted octanol–water partition coefficient (Wildman–Crippen LogP) is 3.70. The fourth-order valence-electron chi connectivity index (χ4n) is 4.33. The molecule has 0 fully saturated rings. The van der Waals surface area contributed by atoms with Gasteiger partial charge in [0.25, 0.3) is 0 Å². The molecule has 3 aromatic rings. The summed E-state index contributed by atoms with van der Waals surface area (Å²) in [4.78, 5) is 36.4. The summed E-state index contributed by atoms with van der Waals surface area (Å²) in [6.45, 7) is 1.37. The van der Waals surface area contributed by atoms with Crippen LogP contribution in [0.15, 0.2) is 78.9 Å². The minimum Gasteiger partial charge on any atom is -0.480 e. The fraction of sp³-hybridized carbons (Fsp3) is 0.250. The van der Waals surface area contributed by atoms with Crippen LogP contribution in [0.3, 0.4) is 0 Å². The lowest BCUT2D eigenvalue weighted by molar-refractivity contribution is -0.139. The number of hydrogen-bond donors (Lipinski definition) is 3. The molecule has 8 nitrogen and oxygen atoms in total. The van der Waals surface area contributed by atoms with Crippen LogP contribution in [-0.4, -0.2) is 48.4 Å². The molecule has 3 aromatic carbocycles. The monoisotopic (exact) mass is 488 g/mol. The Labute approximate surface area is 209 Å². The van der Waals surface area contributed by atoms with Crippen molar-refractivity contribution in [2.24, 2.45) is 0 Å². The van der Waals surface area contributed by atoms with Crippen molar-refractivity contribution in [3.8, 4) is 11.1 Å². The Morgan fingerprint density at radius 2 is 1.47 bits per heavy atom. The normalized spacial score (nSPS) is 13.7. The number of alkyl carbamates (subject to hydrolysis) is 1. The quantitative estimate of drug-likeness (QED) is 0.401. The van der Waals surface area contributed by atoms with E-state index >= 15 is 0 Å². The van der Waals surface area contributed by atoms with E-state index in [-0.39, 0.29) is 19.1 Å². The first-order chi connectivity index (χ1) is 17.4. The van der Waals surface area contributed by atoms with E-state index in [4.69, 9.17) is 14.6 Å². The number of nitrogens with one attached hydrogen (secondary N) is 2. The van der Waals surface area contributed by atoms with Gasteiger partial charge in [0.2, 0.25) is 5.91 Å². The lowest BCUT2D eigenvalue weighted by Crippen LogP contribution is -2.54. The molecule has 0 spiro atoms. The summed E-state index contributed by atoms with van der Waals surface area (Å²) in [5.41, 5.74) is 5.26. The zero-order chi connectivity index (χ0) is 25.5. The molecule has 0 radical (unpaired) electrons. The van der Waals surface area contributed by atoms with Crippen molar-refractivity contribution in [3.63, 3.8) is 0 Å². The first-order valence-corrected chi connectivity index (χ1v) is 11.7. The number of carboxylic acid groups (broad SMARTS) is 1. The van der Waals surface area contributed by atoms with E-state index in [1.165, 1.54) is 0 Å². The SMILES string of the molecule is CC(OCc1ccccc1)C(NC(=O)OCC1c2ccccc2-c2ccccc21)C(=O)NCC(=O)O. The van der Waals surface area contributed by atoms with Crippen LogP contribution in [0.2, 0.25) is 0 Å². The highest BCUT2D eigenvalue weighted by Gasteiger charge is 2.31. The highest BCUT2D eigenvalue weighted by Crippen LogP contribution is 2.44. The van der Waals surface area contributed by atoms with Gasteiger partial charge in [0.05, 0.1) is 12.7 Å². The van der Waals surface area contributed by atoms with Crippen LogP contribution in [0.1, 0.15) is 29.5 Å². The zero-order valence-corrected chi connectivity index (χ0v) is 19.8. The molecule has 2 atom stereocenters. The van der Waals surface area contributed by atoms with Crippen molar-refractivity contribution in [2.75, 3.05) is 13.2 Å². The smallest absolute Gasteiger partial charge is 0.407 e. The molecule has 0 heterocycles. The van der Waals surface area contributed by atoms with Gasteiger partial charge in [0.1, 0.15) is 19.2 Å². The maximum Gasteiger partial charge on any atom is 0.407 e. The Hall–Kier alpha value is -4.17. The van der Waals surface area contributed by atoms with Crippen molar-refractivity contribution < 1.29 is 29.0 Å². The van der Waals surface area contributed by atoms with Crippen molar-refractivity contribution >= 4 is 18.0 Å². The second-order valence-electron chi connectivity index (χ2n) is 8.56. The summed E-state index contributed by atoms with van der Waals surface area (Å²) in [7, 11) is 0. The number of carbonyl (C=O) groups excluding carboxylic acids is 2. The van der Waals surface area contributed by atoms with Gasteiger partial charge in [-0.1, -0.05) is 78.9 Å². The van der Waals surface area contributed by atoms with Gasteiger partial charge in [-0.25, -0.2) is 4.79 Å². The number of aliphatic carboxylic acids is 1. The molecule has 0 saturated carbocycles. The van der Waals surface area contributed by atoms with Crippen LogP contribution < -0.4 is 10.6 Å².